The number of ether oxygens (including phenoxy) is 2. The molecule has 134 valence electrons. The molecule has 0 saturated carbocycles. The summed E-state index contributed by atoms with van der Waals surface area (Å²) in [5, 5.41) is 21.4. The molecule has 1 fully saturated rings. The first kappa shape index (κ1) is 18.1. The third-order valence-corrected chi connectivity index (χ3v) is 4.50. The zero-order chi connectivity index (χ0) is 17.9. The fourth-order valence-electron chi connectivity index (χ4n) is 3.36. The summed E-state index contributed by atoms with van der Waals surface area (Å²) in [6.07, 6.45) is -1.74. The van der Waals surface area contributed by atoms with Crippen LogP contribution in [-0.4, -0.2) is 40.4 Å². The van der Waals surface area contributed by atoms with Crippen molar-refractivity contribution in [1.82, 2.24) is 0 Å². The number of rotatable bonds is 6. The van der Waals surface area contributed by atoms with Gasteiger partial charge in [0.1, 0.15) is 12.2 Å². The summed E-state index contributed by atoms with van der Waals surface area (Å²) in [7, 11) is 0. The summed E-state index contributed by atoms with van der Waals surface area (Å²) in [6, 6.07) is 19.6. The maximum absolute atomic E-state index is 10.7. The minimum atomic E-state index is -0.829. The van der Waals surface area contributed by atoms with Crippen molar-refractivity contribution in [3.8, 4) is 0 Å². The average molecular weight is 342 g/mol. The molecule has 4 nitrogen and oxygen atoms in total. The van der Waals surface area contributed by atoms with Crippen molar-refractivity contribution < 1.29 is 19.7 Å². The highest BCUT2D eigenvalue weighted by molar-refractivity contribution is 5.18. The van der Waals surface area contributed by atoms with Crippen LogP contribution in [0.2, 0.25) is 0 Å². The van der Waals surface area contributed by atoms with Gasteiger partial charge in [-0.3, -0.25) is 0 Å². The zero-order valence-corrected chi connectivity index (χ0v) is 14.7. The lowest BCUT2D eigenvalue weighted by molar-refractivity contribution is -0.160. The van der Waals surface area contributed by atoms with Gasteiger partial charge in [0, 0.05) is 12.8 Å². The smallest absolute Gasteiger partial charge is 0.164 e. The van der Waals surface area contributed by atoms with E-state index in [4.69, 9.17) is 9.47 Å². The lowest BCUT2D eigenvalue weighted by atomic mass is 9.94. The van der Waals surface area contributed by atoms with E-state index in [1.807, 2.05) is 74.5 Å². The Morgan fingerprint density at radius 1 is 0.760 bits per heavy atom. The highest BCUT2D eigenvalue weighted by atomic mass is 16.8. The van der Waals surface area contributed by atoms with Crippen molar-refractivity contribution in [2.24, 2.45) is 0 Å². The van der Waals surface area contributed by atoms with Gasteiger partial charge in [0.2, 0.25) is 0 Å². The van der Waals surface area contributed by atoms with Gasteiger partial charge in [-0.2, -0.15) is 0 Å². The number of aliphatic hydroxyl groups excluding tert-OH is 2. The van der Waals surface area contributed by atoms with Crippen LogP contribution >= 0.6 is 0 Å². The Hall–Kier alpha value is -1.72. The van der Waals surface area contributed by atoms with Crippen molar-refractivity contribution >= 4 is 0 Å². The molecule has 2 aromatic carbocycles. The van der Waals surface area contributed by atoms with Gasteiger partial charge in [-0.1, -0.05) is 60.7 Å². The molecule has 2 N–H and O–H groups in total. The van der Waals surface area contributed by atoms with Gasteiger partial charge in [0.25, 0.3) is 0 Å². The first-order valence-corrected chi connectivity index (χ1v) is 8.74. The SMILES string of the molecule is CC1(C)O[C@H]([C@H](O)Cc2ccccc2)[C@@H]([C@H](O)Cc2ccccc2)O1. The molecule has 25 heavy (non-hydrogen) atoms. The van der Waals surface area contributed by atoms with Crippen LogP contribution in [0.1, 0.15) is 25.0 Å². The van der Waals surface area contributed by atoms with E-state index < -0.39 is 30.2 Å². The van der Waals surface area contributed by atoms with Gasteiger partial charge in [-0.05, 0) is 25.0 Å². The van der Waals surface area contributed by atoms with Crippen molar-refractivity contribution in [3.05, 3.63) is 71.8 Å². The summed E-state index contributed by atoms with van der Waals surface area (Å²) in [5.41, 5.74) is 2.05. The largest absolute Gasteiger partial charge is 0.390 e. The van der Waals surface area contributed by atoms with Crippen molar-refractivity contribution in [2.45, 2.75) is 56.9 Å². The number of hydrogen-bond acceptors (Lipinski definition) is 4. The summed E-state index contributed by atoms with van der Waals surface area (Å²) < 4.78 is 11.8. The lowest BCUT2D eigenvalue weighted by Crippen LogP contribution is -2.44. The quantitative estimate of drug-likeness (QED) is 0.847. The fourth-order valence-corrected chi connectivity index (χ4v) is 3.36. The summed E-state index contributed by atoms with van der Waals surface area (Å²) in [4.78, 5) is 0. The molecule has 1 heterocycles. The van der Waals surface area contributed by atoms with Crippen LogP contribution in [0.5, 0.6) is 0 Å². The predicted molar refractivity (Wildman–Crippen MR) is 96.1 cm³/mol. The molecule has 0 bridgehead atoms. The highest BCUT2D eigenvalue weighted by Crippen LogP contribution is 2.33. The highest BCUT2D eigenvalue weighted by Gasteiger charge is 2.47. The van der Waals surface area contributed by atoms with E-state index in [9.17, 15) is 10.2 Å². The fraction of sp³-hybridized carbons (Fsp3) is 0.429. The second-order valence-corrected chi connectivity index (χ2v) is 7.08. The second kappa shape index (κ2) is 7.67. The molecule has 4 heteroatoms. The summed E-state index contributed by atoms with van der Waals surface area (Å²) in [6.45, 7) is 3.62. The Kier molecular flexibility index (Phi) is 5.54. The molecule has 0 aromatic heterocycles. The molecule has 0 aliphatic carbocycles. The minimum Gasteiger partial charge on any atom is -0.390 e. The molecule has 0 radical (unpaired) electrons. The molecular weight excluding hydrogens is 316 g/mol. The van der Waals surface area contributed by atoms with Crippen molar-refractivity contribution in [1.29, 1.82) is 0 Å². The molecular formula is C21H26O4. The van der Waals surface area contributed by atoms with Crippen molar-refractivity contribution in [2.75, 3.05) is 0 Å². The maximum Gasteiger partial charge on any atom is 0.164 e. The van der Waals surface area contributed by atoms with E-state index in [0.717, 1.165) is 11.1 Å². The maximum atomic E-state index is 10.7. The Balaban J connectivity index is 1.71. The normalized spacial score (nSPS) is 24.8. The van der Waals surface area contributed by atoms with Gasteiger partial charge < -0.3 is 19.7 Å². The number of hydrogen-bond donors (Lipinski definition) is 2. The standard InChI is InChI=1S/C21H26O4/c1-21(2)24-19(17(22)13-15-9-5-3-6-10-15)20(25-21)18(23)14-16-11-7-4-8-12-16/h3-12,17-20,22-23H,13-14H2,1-2H3/t17-,18-,19-,20-/m1/s1. The second-order valence-electron chi connectivity index (χ2n) is 7.08. The molecule has 1 aliphatic heterocycles. The third-order valence-electron chi connectivity index (χ3n) is 4.50. The molecule has 0 amide bonds. The molecule has 1 aliphatic rings. The Labute approximate surface area is 149 Å². The summed E-state index contributed by atoms with van der Waals surface area (Å²) in [5.74, 6) is -0.829. The molecule has 1 saturated heterocycles. The Bertz CT molecular complexity index is 599. The first-order chi connectivity index (χ1) is 11.9. The molecule has 4 atom stereocenters. The number of aliphatic hydroxyl groups is 2. The van der Waals surface area contributed by atoms with Crippen LogP contribution in [0, 0.1) is 0 Å². The molecule has 2 aromatic rings. The van der Waals surface area contributed by atoms with E-state index in [2.05, 4.69) is 0 Å². The third kappa shape index (κ3) is 4.67. The van der Waals surface area contributed by atoms with Gasteiger partial charge in [0.05, 0.1) is 12.2 Å². The van der Waals surface area contributed by atoms with E-state index in [1.165, 1.54) is 0 Å². The molecule has 0 spiro atoms. The van der Waals surface area contributed by atoms with E-state index in [0.29, 0.717) is 12.8 Å². The van der Waals surface area contributed by atoms with E-state index in [-0.39, 0.29) is 0 Å². The van der Waals surface area contributed by atoms with Crippen LogP contribution < -0.4 is 0 Å². The first-order valence-electron chi connectivity index (χ1n) is 8.74. The van der Waals surface area contributed by atoms with Crippen LogP contribution in [0.3, 0.4) is 0 Å². The summed E-state index contributed by atoms with van der Waals surface area (Å²) >= 11 is 0. The topological polar surface area (TPSA) is 58.9 Å². The predicted octanol–water partition coefficient (Wildman–Crippen LogP) is 2.71. The molecule has 0 unspecified atom stereocenters. The van der Waals surface area contributed by atoms with Gasteiger partial charge in [0.15, 0.2) is 5.79 Å². The van der Waals surface area contributed by atoms with E-state index >= 15 is 0 Å². The average Bonchev–Trinajstić information content (AvgIpc) is 2.93. The monoisotopic (exact) mass is 342 g/mol. The van der Waals surface area contributed by atoms with E-state index in [1.54, 1.807) is 0 Å². The van der Waals surface area contributed by atoms with Gasteiger partial charge >= 0.3 is 0 Å². The van der Waals surface area contributed by atoms with Crippen LogP contribution in [-0.2, 0) is 22.3 Å². The minimum absolute atomic E-state index is 0.458. The van der Waals surface area contributed by atoms with Crippen LogP contribution in [0.4, 0.5) is 0 Å². The van der Waals surface area contributed by atoms with Crippen LogP contribution in [0.25, 0.3) is 0 Å². The van der Waals surface area contributed by atoms with Gasteiger partial charge in [-0.25, -0.2) is 0 Å². The van der Waals surface area contributed by atoms with Crippen molar-refractivity contribution in [3.63, 3.8) is 0 Å². The number of benzene rings is 2. The Morgan fingerprint density at radius 2 is 1.12 bits per heavy atom. The molecule has 3 rings (SSSR count). The van der Waals surface area contributed by atoms with Gasteiger partial charge in [-0.15, -0.1) is 0 Å². The lowest BCUT2D eigenvalue weighted by Gasteiger charge is -2.26. The van der Waals surface area contributed by atoms with Crippen LogP contribution in [0.15, 0.2) is 60.7 Å². The zero-order valence-electron chi connectivity index (χ0n) is 14.7. The Morgan fingerprint density at radius 3 is 1.48 bits per heavy atom.